The molecule has 0 atom stereocenters. The number of rotatable bonds is 8. The smallest absolute Gasteiger partial charge is 0.313 e. The van der Waals surface area contributed by atoms with Crippen LogP contribution in [-0.2, 0) is 16.1 Å². The van der Waals surface area contributed by atoms with Crippen LogP contribution in [0.4, 0.5) is 0 Å². The third kappa shape index (κ3) is 4.05. The van der Waals surface area contributed by atoms with Gasteiger partial charge in [-0.25, -0.2) is 4.98 Å². The SMILES string of the molecule is CCOCCCn1c(SCC(=O)O)nc2ccsc2c1=O. The Hall–Kier alpha value is -1.38. The fourth-order valence-corrected chi connectivity index (χ4v) is 3.35. The van der Waals surface area contributed by atoms with Crippen molar-refractivity contribution in [3.8, 4) is 0 Å². The fraction of sp³-hybridized carbons (Fsp3) is 0.462. The van der Waals surface area contributed by atoms with Crippen LogP contribution in [0.15, 0.2) is 21.4 Å². The zero-order chi connectivity index (χ0) is 15.2. The van der Waals surface area contributed by atoms with E-state index in [-0.39, 0.29) is 11.3 Å². The summed E-state index contributed by atoms with van der Waals surface area (Å²) >= 11 is 2.42. The van der Waals surface area contributed by atoms with Crippen molar-refractivity contribution in [1.82, 2.24) is 9.55 Å². The number of carbonyl (C=O) groups is 1. The lowest BCUT2D eigenvalue weighted by Crippen LogP contribution is -2.23. The third-order valence-corrected chi connectivity index (χ3v) is 4.58. The van der Waals surface area contributed by atoms with E-state index in [1.807, 2.05) is 12.3 Å². The second-order valence-corrected chi connectivity index (χ2v) is 6.08. The van der Waals surface area contributed by atoms with Gasteiger partial charge in [-0.05, 0) is 24.8 Å². The summed E-state index contributed by atoms with van der Waals surface area (Å²) in [5, 5.41) is 11.1. The van der Waals surface area contributed by atoms with Crippen molar-refractivity contribution >= 4 is 39.3 Å². The Labute approximate surface area is 129 Å². The topological polar surface area (TPSA) is 81.4 Å². The Bertz CT molecular complexity index is 680. The second kappa shape index (κ2) is 7.58. The molecule has 1 N–H and O–H groups in total. The predicted octanol–water partition coefficient (Wildman–Crippen LogP) is 2.06. The quantitative estimate of drug-likeness (QED) is 0.454. The molecule has 2 aromatic rings. The van der Waals surface area contributed by atoms with Gasteiger partial charge in [0.25, 0.3) is 5.56 Å². The second-order valence-electron chi connectivity index (χ2n) is 4.22. The number of nitrogens with zero attached hydrogens (tertiary/aromatic N) is 2. The number of carboxylic acid groups (broad SMARTS) is 1. The highest BCUT2D eigenvalue weighted by Crippen LogP contribution is 2.21. The summed E-state index contributed by atoms with van der Waals surface area (Å²) in [4.78, 5) is 27.6. The van der Waals surface area contributed by atoms with Crippen LogP contribution in [0.5, 0.6) is 0 Å². The molecule has 0 bridgehead atoms. The minimum atomic E-state index is -0.930. The van der Waals surface area contributed by atoms with Gasteiger partial charge in [-0.15, -0.1) is 11.3 Å². The van der Waals surface area contributed by atoms with Crippen LogP contribution < -0.4 is 5.56 Å². The summed E-state index contributed by atoms with van der Waals surface area (Å²) in [5.74, 6) is -1.05. The predicted molar refractivity (Wildman–Crippen MR) is 83.3 cm³/mol. The van der Waals surface area contributed by atoms with Gasteiger partial charge >= 0.3 is 5.97 Å². The van der Waals surface area contributed by atoms with E-state index in [1.165, 1.54) is 11.3 Å². The van der Waals surface area contributed by atoms with Gasteiger partial charge in [-0.1, -0.05) is 11.8 Å². The molecule has 6 nitrogen and oxygen atoms in total. The largest absolute Gasteiger partial charge is 0.481 e. The molecule has 0 aliphatic carbocycles. The molecule has 0 saturated carbocycles. The lowest BCUT2D eigenvalue weighted by Gasteiger charge is -2.11. The number of aliphatic carboxylic acids is 1. The van der Waals surface area contributed by atoms with Gasteiger partial charge < -0.3 is 9.84 Å². The Morgan fingerprint density at radius 3 is 3.10 bits per heavy atom. The fourth-order valence-electron chi connectivity index (χ4n) is 1.83. The summed E-state index contributed by atoms with van der Waals surface area (Å²) in [6.45, 7) is 3.59. The standard InChI is InChI=1S/C13H16N2O4S2/c1-2-19-6-3-5-15-12(18)11-9(4-7-20-11)14-13(15)21-8-10(16)17/h4,7H,2-3,5-6,8H2,1H3,(H,16,17). The summed E-state index contributed by atoms with van der Waals surface area (Å²) in [6, 6.07) is 1.77. The van der Waals surface area contributed by atoms with Gasteiger partial charge in [0, 0.05) is 19.8 Å². The van der Waals surface area contributed by atoms with Crippen LogP contribution in [0.25, 0.3) is 10.2 Å². The number of carboxylic acids is 1. The number of thiophene rings is 1. The average molecular weight is 328 g/mol. The molecule has 0 saturated heterocycles. The average Bonchev–Trinajstić information content (AvgIpc) is 2.92. The van der Waals surface area contributed by atoms with Gasteiger partial charge in [-0.2, -0.15) is 0 Å². The molecule has 0 fully saturated rings. The highest BCUT2D eigenvalue weighted by molar-refractivity contribution is 7.99. The Morgan fingerprint density at radius 1 is 1.57 bits per heavy atom. The molecule has 0 spiro atoms. The van der Waals surface area contributed by atoms with Crippen LogP contribution in [0.3, 0.4) is 0 Å². The van der Waals surface area contributed by atoms with Crippen molar-refractivity contribution in [1.29, 1.82) is 0 Å². The van der Waals surface area contributed by atoms with E-state index in [0.717, 1.165) is 11.8 Å². The number of thioether (sulfide) groups is 1. The summed E-state index contributed by atoms with van der Waals surface area (Å²) < 4.78 is 7.42. The number of aromatic nitrogens is 2. The third-order valence-electron chi connectivity index (χ3n) is 2.73. The number of hydrogen-bond donors (Lipinski definition) is 1. The van der Waals surface area contributed by atoms with Crippen molar-refractivity contribution in [2.75, 3.05) is 19.0 Å². The van der Waals surface area contributed by atoms with E-state index in [4.69, 9.17) is 9.84 Å². The molecular formula is C13H16N2O4S2. The molecule has 0 aliphatic rings. The molecule has 0 unspecified atom stereocenters. The molecule has 0 radical (unpaired) electrons. The number of hydrogen-bond acceptors (Lipinski definition) is 6. The van der Waals surface area contributed by atoms with Crippen LogP contribution in [-0.4, -0.2) is 39.6 Å². The zero-order valence-electron chi connectivity index (χ0n) is 11.6. The first-order chi connectivity index (χ1) is 10.1. The number of fused-ring (bicyclic) bond motifs is 1. The van der Waals surface area contributed by atoms with Crippen molar-refractivity contribution in [3.05, 3.63) is 21.8 Å². The molecule has 2 rings (SSSR count). The molecule has 114 valence electrons. The van der Waals surface area contributed by atoms with Gasteiger partial charge in [0.15, 0.2) is 5.16 Å². The molecular weight excluding hydrogens is 312 g/mol. The first-order valence-corrected chi connectivity index (χ1v) is 8.40. The van der Waals surface area contributed by atoms with Crippen molar-refractivity contribution in [2.24, 2.45) is 0 Å². The van der Waals surface area contributed by atoms with Crippen LogP contribution in [0, 0.1) is 0 Å². The van der Waals surface area contributed by atoms with Gasteiger partial charge in [0.1, 0.15) is 4.70 Å². The van der Waals surface area contributed by atoms with Crippen molar-refractivity contribution in [2.45, 2.75) is 25.0 Å². The van der Waals surface area contributed by atoms with Gasteiger partial charge in [0.05, 0.1) is 11.3 Å². The van der Waals surface area contributed by atoms with Crippen LogP contribution in [0.2, 0.25) is 0 Å². The van der Waals surface area contributed by atoms with E-state index < -0.39 is 5.97 Å². The lowest BCUT2D eigenvalue weighted by molar-refractivity contribution is -0.133. The Balaban J connectivity index is 2.28. The maximum Gasteiger partial charge on any atom is 0.313 e. The molecule has 0 aromatic carbocycles. The molecule has 0 aliphatic heterocycles. The zero-order valence-corrected chi connectivity index (χ0v) is 13.2. The van der Waals surface area contributed by atoms with Crippen molar-refractivity contribution in [3.63, 3.8) is 0 Å². The highest BCUT2D eigenvalue weighted by Gasteiger charge is 2.13. The van der Waals surface area contributed by atoms with E-state index in [9.17, 15) is 9.59 Å². The first kappa shape index (κ1) is 16.0. The summed E-state index contributed by atoms with van der Waals surface area (Å²) in [5.41, 5.74) is 0.512. The summed E-state index contributed by atoms with van der Waals surface area (Å²) in [6.07, 6.45) is 0.687. The highest BCUT2D eigenvalue weighted by atomic mass is 32.2. The Morgan fingerprint density at radius 2 is 2.38 bits per heavy atom. The molecule has 2 heterocycles. The van der Waals surface area contributed by atoms with Gasteiger partial charge in [0.2, 0.25) is 0 Å². The van der Waals surface area contributed by atoms with Crippen LogP contribution in [0.1, 0.15) is 13.3 Å². The Kier molecular flexibility index (Phi) is 5.77. The monoisotopic (exact) mass is 328 g/mol. The first-order valence-electron chi connectivity index (χ1n) is 6.54. The van der Waals surface area contributed by atoms with Gasteiger partial charge in [-0.3, -0.25) is 14.2 Å². The van der Waals surface area contributed by atoms with E-state index in [1.54, 1.807) is 10.6 Å². The van der Waals surface area contributed by atoms with E-state index in [0.29, 0.717) is 41.6 Å². The summed E-state index contributed by atoms with van der Waals surface area (Å²) in [7, 11) is 0. The maximum atomic E-state index is 12.5. The van der Waals surface area contributed by atoms with E-state index >= 15 is 0 Å². The van der Waals surface area contributed by atoms with Crippen molar-refractivity contribution < 1.29 is 14.6 Å². The number of ether oxygens (including phenoxy) is 1. The molecule has 21 heavy (non-hydrogen) atoms. The van der Waals surface area contributed by atoms with E-state index in [2.05, 4.69) is 4.98 Å². The normalized spacial score (nSPS) is 11.1. The molecule has 0 amide bonds. The lowest BCUT2D eigenvalue weighted by atomic mass is 10.4. The minimum Gasteiger partial charge on any atom is -0.481 e. The molecule has 8 heteroatoms. The molecule has 2 aromatic heterocycles. The van der Waals surface area contributed by atoms with Crippen LogP contribution >= 0.6 is 23.1 Å². The minimum absolute atomic E-state index is 0.112. The maximum absolute atomic E-state index is 12.5.